The van der Waals surface area contributed by atoms with Gasteiger partial charge >= 0.3 is 0 Å². The summed E-state index contributed by atoms with van der Waals surface area (Å²) in [6.07, 6.45) is 0. The van der Waals surface area contributed by atoms with Crippen molar-refractivity contribution in [2.45, 2.75) is 26.8 Å². The predicted molar refractivity (Wildman–Crippen MR) is 81.1 cm³/mol. The van der Waals surface area contributed by atoms with Crippen molar-refractivity contribution in [3.8, 4) is 5.75 Å². The van der Waals surface area contributed by atoms with Crippen LogP contribution in [0, 0.1) is 0 Å². The molecule has 1 unspecified atom stereocenters. The maximum atomic E-state index is 9.37. The van der Waals surface area contributed by atoms with Crippen LogP contribution in [0.4, 0.5) is 0 Å². The van der Waals surface area contributed by atoms with Crippen molar-refractivity contribution in [1.29, 1.82) is 0 Å². The van der Waals surface area contributed by atoms with E-state index >= 15 is 0 Å². The van der Waals surface area contributed by atoms with Gasteiger partial charge in [-0.3, -0.25) is 4.90 Å². The summed E-state index contributed by atoms with van der Waals surface area (Å²) in [7, 11) is 0. The molecule has 0 aliphatic heterocycles. The Morgan fingerprint density at radius 1 is 1.00 bits per heavy atom. The minimum absolute atomic E-state index is 0.275. The van der Waals surface area contributed by atoms with Crippen molar-refractivity contribution in [2.75, 3.05) is 39.5 Å². The molecule has 114 valence electrons. The normalized spacial score (nSPS) is 12.8. The summed E-state index contributed by atoms with van der Waals surface area (Å²) in [5.74, 6) is 0.302. The molecule has 0 spiro atoms. The van der Waals surface area contributed by atoms with E-state index in [9.17, 15) is 5.11 Å². The third kappa shape index (κ3) is 5.90. The van der Waals surface area contributed by atoms with Crippen LogP contribution in [0.2, 0.25) is 0 Å². The molecule has 0 radical (unpaired) electrons. The Labute approximate surface area is 122 Å². The van der Waals surface area contributed by atoms with Crippen LogP contribution in [-0.4, -0.2) is 49.5 Å². The summed E-state index contributed by atoms with van der Waals surface area (Å²) >= 11 is 0. The van der Waals surface area contributed by atoms with E-state index in [-0.39, 0.29) is 6.04 Å². The van der Waals surface area contributed by atoms with Gasteiger partial charge in [-0.25, -0.2) is 0 Å². The van der Waals surface area contributed by atoms with E-state index in [0.717, 1.165) is 39.5 Å². The SMILES string of the molecule is CCOCCN(CCOCC)C(C)c1ccc(O)cc1. The largest absolute Gasteiger partial charge is 0.508 e. The van der Waals surface area contributed by atoms with Crippen molar-refractivity contribution >= 4 is 0 Å². The first-order valence-electron chi connectivity index (χ1n) is 7.37. The van der Waals surface area contributed by atoms with Gasteiger partial charge in [-0.05, 0) is 38.5 Å². The second kappa shape index (κ2) is 9.75. The van der Waals surface area contributed by atoms with Gasteiger partial charge < -0.3 is 14.6 Å². The molecular formula is C16H27NO3. The minimum atomic E-state index is 0.275. The first-order valence-corrected chi connectivity index (χ1v) is 7.37. The number of aromatic hydroxyl groups is 1. The Bertz CT molecular complexity index is 343. The highest BCUT2D eigenvalue weighted by atomic mass is 16.5. The fraction of sp³-hybridized carbons (Fsp3) is 0.625. The third-order valence-corrected chi connectivity index (χ3v) is 3.38. The average Bonchev–Trinajstić information content (AvgIpc) is 2.46. The molecule has 20 heavy (non-hydrogen) atoms. The first kappa shape index (κ1) is 17.0. The topological polar surface area (TPSA) is 41.9 Å². The molecule has 1 aromatic carbocycles. The number of ether oxygens (including phenoxy) is 2. The van der Waals surface area contributed by atoms with Crippen LogP contribution in [0.15, 0.2) is 24.3 Å². The van der Waals surface area contributed by atoms with Crippen LogP contribution in [0.3, 0.4) is 0 Å². The van der Waals surface area contributed by atoms with Gasteiger partial charge in [0.2, 0.25) is 0 Å². The monoisotopic (exact) mass is 281 g/mol. The van der Waals surface area contributed by atoms with E-state index in [1.807, 2.05) is 26.0 Å². The lowest BCUT2D eigenvalue weighted by molar-refractivity contribution is 0.0661. The molecule has 4 nitrogen and oxygen atoms in total. The highest BCUT2D eigenvalue weighted by molar-refractivity contribution is 5.27. The number of hydrogen-bond donors (Lipinski definition) is 1. The zero-order valence-corrected chi connectivity index (χ0v) is 12.8. The quantitative estimate of drug-likeness (QED) is 0.670. The van der Waals surface area contributed by atoms with Crippen LogP contribution in [-0.2, 0) is 9.47 Å². The van der Waals surface area contributed by atoms with Gasteiger partial charge in [-0.2, -0.15) is 0 Å². The lowest BCUT2D eigenvalue weighted by atomic mass is 10.1. The number of benzene rings is 1. The van der Waals surface area contributed by atoms with Gasteiger partial charge in [-0.15, -0.1) is 0 Å². The summed E-state index contributed by atoms with van der Waals surface area (Å²) in [4.78, 5) is 2.34. The van der Waals surface area contributed by atoms with E-state index < -0.39 is 0 Å². The molecule has 1 atom stereocenters. The second-order valence-electron chi connectivity index (χ2n) is 4.70. The molecule has 0 aliphatic rings. The Hall–Kier alpha value is -1.10. The molecule has 0 saturated carbocycles. The van der Waals surface area contributed by atoms with Crippen LogP contribution in [0.5, 0.6) is 5.75 Å². The number of nitrogens with zero attached hydrogens (tertiary/aromatic N) is 1. The summed E-state index contributed by atoms with van der Waals surface area (Å²) in [5, 5.41) is 9.37. The Morgan fingerprint density at radius 3 is 1.95 bits per heavy atom. The van der Waals surface area contributed by atoms with Gasteiger partial charge in [0.25, 0.3) is 0 Å². The zero-order valence-electron chi connectivity index (χ0n) is 12.8. The Morgan fingerprint density at radius 2 is 1.50 bits per heavy atom. The first-order chi connectivity index (χ1) is 9.69. The maximum Gasteiger partial charge on any atom is 0.115 e. The molecule has 0 aliphatic carbocycles. The number of phenols is 1. The molecule has 0 fully saturated rings. The molecule has 0 saturated heterocycles. The van der Waals surface area contributed by atoms with E-state index in [0.29, 0.717) is 5.75 Å². The van der Waals surface area contributed by atoms with Crippen molar-refractivity contribution in [3.63, 3.8) is 0 Å². The van der Waals surface area contributed by atoms with Crippen LogP contribution < -0.4 is 0 Å². The van der Waals surface area contributed by atoms with Crippen molar-refractivity contribution in [3.05, 3.63) is 29.8 Å². The lowest BCUT2D eigenvalue weighted by Gasteiger charge is -2.29. The summed E-state index contributed by atoms with van der Waals surface area (Å²) in [6.45, 7) is 10.9. The highest BCUT2D eigenvalue weighted by Crippen LogP contribution is 2.21. The van der Waals surface area contributed by atoms with Gasteiger partial charge in [-0.1, -0.05) is 12.1 Å². The smallest absolute Gasteiger partial charge is 0.115 e. The summed E-state index contributed by atoms with van der Waals surface area (Å²) in [5.41, 5.74) is 1.19. The molecule has 1 rings (SSSR count). The minimum Gasteiger partial charge on any atom is -0.508 e. The lowest BCUT2D eigenvalue weighted by Crippen LogP contribution is -2.33. The predicted octanol–water partition coefficient (Wildman–Crippen LogP) is 2.83. The van der Waals surface area contributed by atoms with E-state index in [4.69, 9.17) is 9.47 Å². The molecule has 0 bridgehead atoms. The van der Waals surface area contributed by atoms with E-state index in [1.165, 1.54) is 5.56 Å². The highest BCUT2D eigenvalue weighted by Gasteiger charge is 2.15. The average molecular weight is 281 g/mol. The maximum absolute atomic E-state index is 9.37. The Kier molecular flexibility index (Phi) is 8.26. The van der Waals surface area contributed by atoms with Gasteiger partial charge in [0.05, 0.1) is 13.2 Å². The van der Waals surface area contributed by atoms with Crippen LogP contribution >= 0.6 is 0 Å². The number of rotatable bonds is 10. The molecule has 1 aromatic rings. The zero-order chi connectivity index (χ0) is 14.8. The standard InChI is InChI=1S/C16H27NO3/c1-4-19-12-10-17(11-13-20-5-2)14(3)15-6-8-16(18)9-7-15/h6-9,14,18H,4-5,10-13H2,1-3H3. The third-order valence-electron chi connectivity index (χ3n) is 3.38. The van der Waals surface area contributed by atoms with Gasteiger partial charge in [0.1, 0.15) is 5.75 Å². The van der Waals surface area contributed by atoms with Crippen LogP contribution in [0.25, 0.3) is 0 Å². The number of hydrogen-bond acceptors (Lipinski definition) is 4. The Balaban J connectivity index is 2.61. The van der Waals surface area contributed by atoms with Gasteiger partial charge in [0.15, 0.2) is 0 Å². The second-order valence-corrected chi connectivity index (χ2v) is 4.70. The van der Waals surface area contributed by atoms with Crippen molar-refractivity contribution in [2.24, 2.45) is 0 Å². The fourth-order valence-corrected chi connectivity index (χ4v) is 2.12. The molecular weight excluding hydrogens is 254 g/mol. The number of phenolic OH excluding ortho intramolecular Hbond substituents is 1. The molecule has 0 amide bonds. The van der Waals surface area contributed by atoms with E-state index in [1.54, 1.807) is 12.1 Å². The van der Waals surface area contributed by atoms with Gasteiger partial charge in [0, 0.05) is 32.3 Å². The van der Waals surface area contributed by atoms with Crippen molar-refractivity contribution in [1.82, 2.24) is 4.90 Å². The summed E-state index contributed by atoms with van der Waals surface area (Å²) in [6, 6.07) is 7.67. The molecule has 4 heteroatoms. The van der Waals surface area contributed by atoms with E-state index in [2.05, 4.69) is 11.8 Å². The molecule has 0 aromatic heterocycles. The molecule has 0 heterocycles. The molecule has 1 N–H and O–H groups in total. The van der Waals surface area contributed by atoms with Crippen LogP contribution in [0.1, 0.15) is 32.4 Å². The summed E-state index contributed by atoms with van der Waals surface area (Å²) < 4.78 is 10.9. The van der Waals surface area contributed by atoms with Crippen molar-refractivity contribution < 1.29 is 14.6 Å². The fourth-order valence-electron chi connectivity index (χ4n) is 2.12.